The van der Waals surface area contributed by atoms with Gasteiger partial charge < -0.3 is 14.8 Å². The van der Waals surface area contributed by atoms with Gasteiger partial charge in [-0.15, -0.1) is 38.0 Å². The van der Waals surface area contributed by atoms with Crippen molar-refractivity contribution < 1.29 is 22.6 Å². The second-order valence-electron chi connectivity index (χ2n) is 5.08. The molecule has 0 aromatic heterocycles. The number of alkyl halides is 3. The fraction of sp³-hybridized carbons (Fsp3) is 0.571. The highest BCUT2D eigenvalue weighted by Crippen LogP contribution is 2.33. The number of nitrogens with one attached hydrogen (secondary N) is 1. The van der Waals surface area contributed by atoms with Gasteiger partial charge in [-0.3, -0.25) is 4.90 Å². The molecule has 1 N–H and O–H groups in total. The van der Waals surface area contributed by atoms with Crippen molar-refractivity contribution in [2.75, 3.05) is 32.8 Å². The third kappa shape index (κ3) is 7.65. The summed E-state index contributed by atoms with van der Waals surface area (Å²) in [5.41, 5.74) is 0. The molecule has 2 rings (SSSR count). The van der Waals surface area contributed by atoms with Crippen LogP contribution in [0.15, 0.2) is 22.7 Å². The molecule has 140 valence electrons. The van der Waals surface area contributed by atoms with Crippen molar-refractivity contribution in [1.82, 2.24) is 10.2 Å². The van der Waals surface area contributed by atoms with E-state index in [2.05, 4.69) is 37.8 Å². The summed E-state index contributed by atoms with van der Waals surface area (Å²) in [6.07, 6.45) is -4.72. The fourth-order valence-electron chi connectivity index (χ4n) is 2.27. The molecule has 1 aromatic rings. The minimum absolute atomic E-state index is 0. The zero-order chi connectivity index (χ0) is 16.2. The summed E-state index contributed by atoms with van der Waals surface area (Å²) >= 11 is 3.03. The molecule has 0 saturated carbocycles. The SMILES string of the molecule is C[C@H]1CNCCN1CCOc1ccc(Br)c(OC(F)(F)F)c1.Cl.Cl. The average Bonchev–Trinajstić information content (AvgIpc) is 2.43. The van der Waals surface area contributed by atoms with Crippen molar-refractivity contribution in [2.24, 2.45) is 0 Å². The molecule has 0 radical (unpaired) electrons. The Bertz CT molecular complexity index is 509. The molecule has 1 atom stereocenters. The topological polar surface area (TPSA) is 33.7 Å². The minimum Gasteiger partial charge on any atom is -0.492 e. The second kappa shape index (κ2) is 10.6. The van der Waals surface area contributed by atoms with Gasteiger partial charge in [-0.2, -0.15) is 0 Å². The smallest absolute Gasteiger partial charge is 0.492 e. The number of hydrogen-bond acceptors (Lipinski definition) is 4. The molecule has 10 heteroatoms. The molecule has 4 nitrogen and oxygen atoms in total. The van der Waals surface area contributed by atoms with Crippen LogP contribution in [0.5, 0.6) is 11.5 Å². The third-order valence-corrected chi connectivity index (χ3v) is 4.07. The van der Waals surface area contributed by atoms with E-state index in [1.165, 1.54) is 12.1 Å². The number of hydrogen-bond donors (Lipinski definition) is 1. The van der Waals surface area contributed by atoms with Gasteiger partial charge in [-0.05, 0) is 35.0 Å². The van der Waals surface area contributed by atoms with Gasteiger partial charge in [-0.25, -0.2) is 0 Å². The number of benzene rings is 1. The lowest BCUT2D eigenvalue weighted by molar-refractivity contribution is -0.274. The summed E-state index contributed by atoms with van der Waals surface area (Å²) < 4.78 is 46.6. The Kier molecular flexibility index (Phi) is 10.4. The van der Waals surface area contributed by atoms with E-state index in [1.54, 1.807) is 6.07 Å². The zero-order valence-corrected chi connectivity index (χ0v) is 16.2. The predicted molar refractivity (Wildman–Crippen MR) is 94.7 cm³/mol. The molecule has 1 heterocycles. The van der Waals surface area contributed by atoms with E-state index >= 15 is 0 Å². The first-order chi connectivity index (χ1) is 10.3. The number of rotatable bonds is 5. The Morgan fingerprint density at radius 1 is 1.33 bits per heavy atom. The van der Waals surface area contributed by atoms with Gasteiger partial charge in [-0.1, -0.05) is 0 Å². The van der Waals surface area contributed by atoms with Crippen LogP contribution in [0.2, 0.25) is 0 Å². The molecule has 1 aliphatic heterocycles. The Balaban J connectivity index is 0.00000264. The van der Waals surface area contributed by atoms with Gasteiger partial charge in [0.05, 0.1) is 4.47 Å². The third-order valence-electron chi connectivity index (χ3n) is 3.41. The van der Waals surface area contributed by atoms with E-state index in [1.807, 2.05) is 0 Å². The molecule has 1 fully saturated rings. The zero-order valence-electron chi connectivity index (χ0n) is 12.9. The van der Waals surface area contributed by atoms with Gasteiger partial charge >= 0.3 is 6.36 Å². The van der Waals surface area contributed by atoms with Crippen molar-refractivity contribution in [3.63, 3.8) is 0 Å². The van der Waals surface area contributed by atoms with Gasteiger partial charge in [0.15, 0.2) is 0 Å². The summed E-state index contributed by atoms with van der Waals surface area (Å²) in [5.74, 6) is 0.0470. The number of piperazine rings is 1. The van der Waals surface area contributed by atoms with E-state index in [9.17, 15) is 13.2 Å². The van der Waals surface area contributed by atoms with Crippen molar-refractivity contribution in [2.45, 2.75) is 19.3 Å². The molecule has 0 spiro atoms. The normalized spacial score (nSPS) is 18.3. The largest absolute Gasteiger partial charge is 0.573 e. The van der Waals surface area contributed by atoms with Crippen molar-refractivity contribution in [3.8, 4) is 11.5 Å². The van der Waals surface area contributed by atoms with E-state index < -0.39 is 6.36 Å². The highest BCUT2D eigenvalue weighted by atomic mass is 79.9. The molecule has 1 aromatic carbocycles. The van der Waals surface area contributed by atoms with Crippen LogP contribution in [0.4, 0.5) is 13.2 Å². The summed E-state index contributed by atoms with van der Waals surface area (Å²) in [6.45, 7) is 6.08. The molecule has 1 saturated heterocycles. The molecule has 0 bridgehead atoms. The fourth-order valence-corrected chi connectivity index (χ4v) is 2.60. The Morgan fingerprint density at radius 2 is 2.04 bits per heavy atom. The summed E-state index contributed by atoms with van der Waals surface area (Å²) in [7, 11) is 0. The lowest BCUT2D eigenvalue weighted by Gasteiger charge is -2.33. The molecular weight excluding hydrogens is 436 g/mol. The lowest BCUT2D eigenvalue weighted by Crippen LogP contribution is -2.50. The maximum atomic E-state index is 12.3. The number of halogens is 6. The van der Waals surface area contributed by atoms with E-state index in [0.29, 0.717) is 18.4 Å². The quantitative estimate of drug-likeness (QED) is 0.730. The van der Waals surface area contributed by atoms with E-state index in [-0.39, 0.29) is 35.0 Å². The van der Waals surface area contributed by atoms with Crippen LogP contribution in [0, 0.1) is 0 Å². The minimum atomic E-state index is -4.72. The molecule has 0 aliphatic carbocycles. The number of ether oxygens (including phenoxy) is 2. The Hall–Kier alpha value is -0.410. The van der Waals surface area contributed by atoms with Crippen LogP contribution in [0.25, 0.3) is 0 Å². The van der Waals surface area contributed by atoms with Crippen molar-refractivity contribution in [1.29, 1.82) is 0 Å². The molecule has 0 unspecified atom stereocenters. The summed E-state index contributed by atoms with van der Waals surface area (Å²) in [4.78, 5) is 2.28. The maximum Gasteiger partial charge on any atom is 0.573 e. The van der Waals surface area contributed by atoms with Gasteiger partial charge in [0.1, 0.15) is 18.1 Å². The van der Waals surface area contributed by atoms with Crippen LogP contribution >= 0.6 is 40.7 Å². The maximum absolute atomic E-state index is 12.3. The van der Waals surface area contributed by atoms with Crippen molar-refractivity contribution >= 4 is 40.7 Å². The second-order valence-corrected chi connectivity index (χ2v) is 5.93. The first-order valence-corrected chi connectivity index (χ1v) is 7.77. The van der Waals surface area contributed by atoms with E-state index in [4.69, 9.17) is 4.74 Å². The van der Waals surface area contributed by atoms with Crippen LogP contribution in [0.3, 0.4) is 0 Å². The van der Waals surface area contributed by atoms with E-state index in [0.717, 1.165) is 26.2 Å². The Morgan fingerprint density at radius 3 is 2.67 bits per heavy atom. The molecule has 24 heavy (non-hydrogen) atoms. The summed E-state index contributed by atoms with van der Waals surface area (Å²) in [6, 6.07) is 4.74. The van der Waals surface area contributed by atoms with Crippen LogP contribution in [-0.4, -0.2) is 50.1 Å². The predicted octanol–water partition coefficient (Wildman–Crippen LogP) is 3.86. The standard InChI is InChI=1S/C14H18BrF3N2O2.2ClH/c1-10-9-19-4-5-20(10)6-7-21-11-2-3-12(15)13(8-11)22-14(16,17)18;;/h2-3,8,10,19H,4-7,9H2,1H3;2*1H/t10-;;/m0../s1. The van der Waals surface area contributed by atoms with Crippen LogP contribution in [0.1, 0.15) is 6.92 Å². The number of nitrogens with zero attached hydrogens (tertiary/aromatic N) is 1. The average molecular weight is 456 g/mol. The van der Waals surface area contributed by atoms with Gasteiger partial charge in [0, 0.05) is 38.3 Å². The monoisotopic (exact) mass is 454 g/mol. The first-order valence-electron chi connectivity index (χ1n) is 6.98. The molecule has 1 aliphatic rings. The van der Waals surface area contributed by atoms with Crippen LogP contribution < -0.4 is 14.8 Å². The van der Waals surface area contributed by atoms with Crippen LogP contribution in [-0.2, 0) is 0 Å². The summed E-state index contributed by atoms with van der Waals surface area (Å²) in [5, 5.41) is 3.30. The van der Waals surface area contributed by atoms with Gasteiger partial charge in [0.25, 0.3) is 0 Å². The van der Waals surface area contributed by atoms with Gasteiger partial charge in [0.2, 0.25) is 0 Å². The first kappa shape index (κ1) is 23.6. The molecule has 0 amide bonds. The highest BCUT2D eigenvalue weighted by Gasteiger charge is 2.32. The Labute approximate surface area is 160 Å². The van der Waals surface area contributed by atoms with Crippen molar-refractivity contribution in [3.05, 3.63) is 22.7 Å². The molecular formula is C14H20BrCl2F3N2O2. The lowest BCUT2D eigenvalue weighted by atomic mass is 10.2. The highest BCUT2D eigenvalue weighted by molar-refractivity contribution is 9.10.